The molecule has 20 heavy (non-hydrogen) atoms. The Bertz CT molecular complexity index is 479. The second-order valence-corrected chi connectivity index (χ2v) is 5.20. The van der Waals surface area contributed by atoms with E-state index < -0.39 is 0 Å². The number of nitrogens with zero attached hydrogens (tertiary/aromatic N) is 3. The molecule has 0 spiro atoms. The smallest absolute Gasteiger partial charge is 0.257 e. The minimum atomic E-state index is -0.201. The highest BCUT2D eigenvalue weighted by atomic mass is 35.5. The highest BCUT2D eigenvalue weighted by Gasteiger charge is 2.26. The number of aliphatic hydroxyl groups is 1. The summed E-state index contributed by atoms with van der Waals surface area (Å²) in [5.41, 5.74) is 0.265. The van der Waals surface area contributed by atoms with Crippen molar-refractivity contribution in [2.75, 3.05) is 26.3 Å². The van der Waals surface area contributed by atoms with Crippen LogP contribution in [0.4, 0.5) is 0 Å². The molecule has 1 aliphatic heterocycles. The fourth-order valence-electron chi connectivity index (χ4n) is 2.12. The normalized spacial score (nSPS) is 16.4. The lowest BCUT2D eigenvalue weighted by Crippen LogP contribution is -2.41. The average Bonchev–Trinajstić information content (AvgIpc) is 2.47. The molecule has 1 fully saturated rings. The quantitative estimate of drug-likeness (QED) is 0.907. The largest absolute Gasteiger partial charge is 0.394 e. The molecule has 1 aliphatic rings. The average molecular weight is 320 g/mol. The molecule has 1 amide bonds. The molecule has 0 bridgehead atoms. The summed E-state index contributed by atoms with van der Waals surface area (Å²) in [5.74, 6) is -0.201. The molecule has 0 aromatic carbocycles. The van der Waals surface area contributed by atoms with Gasteiger partial charge in [0, 0.05) is 13.1 Å². The van der Waals surface area contributed by atoms with E-state index in [0.29, 0.717) is 19.7 Å². The molecule has 8 heteroatoms. The van der Waals surface area contributed by atoms with Gasteiger partial charge in [0.2, 0.25) is 0 Å². The number of rotatable bonds is 4. The Hall–Kier alpha value is -0.950. The Balaban J connectivity index is 1.96. The van der Waals surface area contributed by atoms with Crippen molar-refractivity contribution in [3.8, 4) is 0 Å². The number of ether oxygens (including phenoxy) is 1. The van der Waals surface area contributed by atoms with Crippen molar-refractivity contribution >= 4 is 29.1 Å². The van der Waals surface area contributed by atoms with Crippen LogP contribution >= 0.6 is 23.2 Å². The Morgan fingerprint density at radius 2 is 2.10 bits per heavy atom. The van der Waals surface area contributed by atoms with Gasteiger partial charge in [0.1, 0.15) is 0 Å². The summed E-state index contributed by atoms with van der Waals surface area (Å²) in [5, 5.41) is 16.1. The number of amides is 1. The summed E-state index contributed by atoms with van der Waals surface area (Å²) in [6.07, 6.45) is 1.55. The zero-order chi connectivity index (χ0) is 14.5. The van der Waals surface area contributed by atoms with Gasteiger partial charge in [0.05, 0.1) is 24.9 Å². The van der Waals surface area contributed by atoms with Gasteiger partial charge < -0.3 is 14.7 Å². The summed E-state index contributed by atoms with van der Waals surface area (Å²) in [6.45, 7) is 1.49. The number of piperidine rings is 1. The summed E-state index contributed by atoms with van der Waals surface area (Å²) >= 11 is 11.6. The van der Waals surface area contributed by atoms with E-state index in [1.807, 2.05) is 0 Å². The number of likely N-dealkylation sites (tertiary alicyclic amines) is 1. The van der Waals surface area contributed by atoms with Crippen LogP contribution in [-0.4, -0.2) is 58.5 Å². The van der Waals surface area contributed by atoms with Crippen molar-refractivity contribution in [3.05, 3.63) is 21.9 Å². The van der Waals surface area contributed by atoms with Crippen LogP contribution in [0.25, 0.3) is 0 Å². The first-order valence-electron chi connectivity index (χ1n) is 6.32. The summed E-state index contributed by atoms with van der Waals surface area (Å²) < 4.78 is 5.45. The second kappa shape index (κ2) is 7.17. The van der Waals surface area contributed by atoms with Crippen LogP contribution in [-0.2, 0) is 4.74 Å². The maximum absolute atomic E-state index is 12.3. The number of carbonyl (C=O) groups is 1. The fourth-order valence-corrected chi connectivity index (χ4v) is 2.44. The molecule has 1 aromatic rings. The van der Waals surface area contributed by atoms with E-state index in [1.54, 1.807) is 4.90 Å². The topological polar surface area (TPSA) is 75.6 Å². The number of aliphatic hydroxyl groups excluding tert-OH is 1. The van der Waals surface area contributed by atoms with Crippen LogP contribution in [0.3, 0.4) is 0 Å². The molecule has 6 nitrogen and oxygen atoms in total. The molecule has 0 radical (unpaired) electrons. The Morgan fingerprint density at radius 1 is 1.40 bits per heavy atom. The van der Waals surface area contributed by atoms with E-state index >= 15 is 0 Å². The fraction of sp³-hybridized carbons (Fsp3) is 0.583. The SMILES string of the molecule is O=C(c1cc(Cl)nnc1Cl)N1CCC(OCCO)CC1. The zero-order valence-corrected chi connectivity index (χ0v) is 12.3. The van der Waals surface area contributed by atoms with Gasteiger partial charge in [-0.15, -0.1) is 10.2 Å². The minimum absolute atomic E-state index is 0.00986. The van der Waals surface area contributed by atoms with Gasteiger partial charge in [0.25, 0.3) is 5.91 Å². The van der Waals surface area contributed by atoms with Gasteiger partial charge >= 0.3 is 0 Å². The highest BCUT2D eigenvalue weighted by Crippen LogP contribution is 2.21. The summed E-state index contributed by atoms with van der Waals surface area (Å²) in [4.78, 5) is 14.0. The van der Waals surface area contributed by atoms with Crippen molar-refractivity contribution < 1.29 is 14.6 Å². The van der Waals surface area contributed by atoms with Gasteiger partial charge in [-0.2, -0.15) is 0 Å². The van der Waals surface area contributed by atoms with E-state index in [-0.39, 0.29) is 34.5 Å². The third-order valence-corrected chi connectivity index (χ3v) is 3.59. The zero-order valence-electron chi connectivity index (χ0n) is 10.8. The lowest BCUT2D eigenvalue weighted by molar-refractivity contribution is -0.00554. The first kappa shape index (κ1) is 15.4. The molecule has 0 unspecified atom stereocenters. The van der Waals surface area contributed by atoms with Crippen molar-refractivity contribution in [1.29, 1.82) is 0 Å². The van der Waals surface area contributed by atoms with Crippen LogP contribution in [0.2, 0.25) is 10.3 Å². The lowest BCUT2D eigenvalue weighted by atomic mass is 10.1. The van der Waals surface area contributed by atoms with E-state index in [0.717, 1.165) is 12.8 Å². The molecule has 110 valence electrons. The maximum Gasteiger partial charge on any atom is 0.257 e. The number of hydrogen-bond donors (Lipinski definition) is 1. The molecular formula is C12H15Cl2N3O3. The van der Waals surface area contributed by atoms with Gasteiger partial charge in [0.15, 0.2) is 10.3 Å². The number of aromatic nitrogens is 2. The molecule has 0 saturated carbocycles. The van der Waals surface area contributed by atoms with Gasteiger partial charge in [-0.1, -0.05) is 23.2 Å². The highest BCUT2D eigenvalue weighted by molar-refractivity contribution is 6.34. The molecular weight excluding hydrogens is 305 g/mol. The molecule has 2 rings (SSSR count). The summed E-state index contributed by atoms with van der Waals surface area (Å²) in [6, 6.07) is 1.42. The van der Waals surface area contributed by atoms with E-state index in [4.69, 9.17) is 33.0 Å². The summed E-state index contributed by atoms with van der Waals surface area (Å²) in [7, 11) is 0. The Labute approximate surface area is 126 Å². The van der Waals surface area contributed by atoms with Crippen molar-refractivity contribution in [3.63, 3.8) is 0 Å². The molecule has 1 N–H and O–H groups in total. The van der Waals surface area contributed by atoms with Crippen LogP contribution in [0.5, 0.6) is 0 Å². The number of halogens is 2. The van der Waals surface area contributed by atoms with Crippen molar-refractivity contribution in [2.45, 2.75) is 18.9 Å². The number of hydrogen-bond acceptors (Lipinski definition) is 5. The molecule has 1 aromatic heterocycles. The first-order chi connectivity index (χ1) is 9.61. The third-order valence-electron chi connectivity index (χ3n) is 3.12. The van der Waals surface area contributed by atoms with Crippen molar-refractivity contribution in [1.82, 2.24) is 15.1 Å². The van der Waals surface area contributed by atoms with E-state index in [9.17, 15) is 4.79 Å². The second-order valence-electron chi connectivity index (χ2n) is 4.46. The van der Waals surface area contributed by atoms with Crippen LogP contribution in [0, 0.1) is 0 Å². The van der Waals surface area contributed by atoms with E-state index in [1.165, 1.54) is 6.07 Å². The van der Waals surface area contributed by atoms with Crippen LogP contribution in [0.15, 0.2) is 6.07 Å². The third kappa shape index (κ3) is 3.79. The molecule has 2 heterocycles. The van der Waals surface area contributed by atoms with E-state index in [2.05, 4.69) is 10.2 Å². The predicted octanol–water partition coefficient (Wildman–Crippen LogP) is 1.40. The lowest BCUT2D eigenvalue weighted by Gasteiger charge is -2.32. The minimum Gasteiger partial charge on any atom is -0.394 e. The van der Waals surface area contributed by atoms with Gasteiger partial charge in [-0.25, -0.2) is 0 Å². The molecule has 0 aliphatic carbocycles. The monoisotopic (exact) mass is 319 g/mol. The van der Waals surface area contributed by atoms with Gasteiger partial charge in [-0.3, -0.25) is 4.79 Å². The van der Waals surface area contributed by atoms with Crippen LogP contribution < -0.4 is 0 Å². The Morgan fingerprint density at radius 3 is 2.75 bits per heavy atom. The predicted molar refractivity (Wildman–Crippen MR) is 74.0 cm³/mol. The van der Waals surface area contributed by atoms with Crippen molar-refractivity contribution in [2.24, 2.45) is 0 Å². The molecule has 1 saturated heterocycles. The maximum atomic E-state index is 12.3. The first-order valence-corrected chi connectivity index (χ1v) is 7.08. The standard InChI is InChI=1S/C12H15Cl2N3O3/c13-10-7-9(11(14)16-15-10)12(19)17-3-1-8(2-4-17)20-6-5-18/h7-8,18H,1-6H2. The van der Waals surface area contributed by atoms with Gasteiger partial charge in [-0.05, 0) is 18.9 Å². The van der Waals surface area contributed by atoms with Crippen LogP contribution in [0.1, 0.15) is 23.2 Å². The molecule has 0 atom stereocenters. The number of carbonyl (C=O) groups excluding carboxylic acids is 1. The Kier molecular flexibility index (Phi) is 5.54.